The summed E-state index contributed by atoms with van der Waals surface area (Å²) in [6.45, 7) is 1.38. The van der Waals surface area contributed by atoms with Crippen LogP contribution in [0.4, 0.5) is 27.9 Å². The van der Waals surface area contributed by atoms with Crippen LogP contribution in [0, 0.1) is 11.6 Å². The highest BCUT2D eigenvalue weighted by Crippen LogP contribution is 2.30. The van der Waals surface area contributed by atoms with Crippen LogP contribution in [0.5, 0.6) is 0 Å². The maximum absolute atomic E-state index is 13.5. The van der Waals surface area contributed by atoms with Crippen molar-refractivity contribution in [3.05, 3.63) is 69.5 Å². The van der Waals surface area contributed by atoms with Gasteiger partial charge < -0.3 is 4.90 Å². The van der Waals surface area contributed by atoms with Crippen LogP contribution in [0.1, 0.15) is 24.0 Å². The minimum atomic E-state index is -4.62. The number of carbonyl (C=O) groups is 1. The number of hydrogen-bond donors (Lipinski definition) is 1. The van der Waals surface area contributed by atoms with Crippen LogP contribution >= 0.6 is 0 Å². The van der Waals surface area contributed by atoms with Gasteiger partial charge >= 0.3 is 6.18 Å². The highest BCUT2D eigenvalue weighted by molar-refractivity contribution is 5.90. The van der Waals surface area contributed by atoms with Crippen LogP contribution in [-0.2, 0) is 11.0 Å². The highest BCUT2D eigenvalue weighted by atomic mass is 19.4. The third kappa shape index (κ3) is 4.49. The number of carbonyl (C=O) groups excluding carboxylic acids is 1. The Morgan fingerprint density at radius 2 is 1.71 bits per heavy atom. The Hall–Kier alpha value is -3.50. The fourth-order valence-electron chi connectivity index (χ4n) is 2.93. The van der Waals surface area contributed by atoms with Gasteiger partial charge in [0, 0.05) is 20.2 Å². The van der Waals surface area contributed by atoms with Crippen molar-refractivity contribution in [1.82, 2.24) is 9.66 Å². The summed E-state index contributed by atoms with van der Waals surface area (Å²) >= 11 is 0. The first-order valence-corrected chi connectivity index (χ1v) is 8.96. The zero-order chi connectivity index (χ0) is 23.1. The van der Waals surface area contributed by atoms with Crippen molar-refractivity contribution in [3.63, 3.8) is 0 Å². The van der Waals surface area contributed by atoms with Crippen LogP contribution in [0.3, 0.4) is 0 Å². The zero-order valence-electron chi connectivity index (χ0n) is 16.6. The lowest BCUT2D eigenvalue weighted by molar-refractivity contribution is -0.137. The van der Waals surface area contributed by atoms with E-state index >= 15 is 0 Å². The third-order valence-corrected chi connectivity index (χ3v) is 4.58. The Labute approximate surface area is 172 Å². The quantitative estimate of drug-likeness (QED) is 0.630. The van der Waals surface area contributed by atoms with E-state index in [1.807, 2.05) is 0 Å². The molecule has 1 aromatic heterocycles. The van der Waals surface area contributed by atoms with Gasteiger partial charge in [0.25, 0.3) is 5.56 Å². The van der Waals surface area contributed by atoms with E-state index in [0.29, 0.717) is 6.07 Å². The third-order valence-electron chi connectivity index (χ3n) is 4.58. The molecular formula is C20H17F5N4O2. The Balaban J connectivity index is 2.06. The molecule has 0 radical (unpaired) electrons. The minimum absolute atomic E-state index is 0.0398. The molecule has 0 saturated heterocycles. The molecule has 0 unspecified atom stereocenters. The number of rotatable bonds is 4. The van der Waals surface area contributed by atoms with Crippen molar-refractivity contribution in [2.24, 2.45) is 0 Å². The number of alkyl halides is 3. The van der Waals surface area contributed by atoms with Gasteiger partial charge in [-0.25, -0.2) is 13.8 Å². The van der Waals surface area contributed by atoms with Gasteiger partial charge in [-0.05, 0) is 42.8 Å². The molecule has 11 heteroatoms. The molecule has 3 rings (SSSR count). The van der Waals surface area contributed by atoms with Crippen LogP contribution in [0.25, 0.3) is 10.9 Å². The first-order valence-electron chi connectivity index (χ1n) is 8.96. The van der Waals surface area contributed by atoms with Crippen molar-refractivity contribution < 1.29 is 26.7 Å². The second-order valence-corrected chi connectivity index (χ2v) is 7.08. The molecule has 1 amide bonds. The lowest BCUT2D eigenvalue weighted by atomic mass is 10.0. The van der Waals surface area contributed by atoms with Gasteiger partial charge in [-0.15, -0.1) is 0 Å². The van der Waals surface area contributed by atoms with Crippen molar-refractivity contribution in [2.45, 2.75) is 19.0 Å². The summed E-state index contributed by atoms with van der Waals surface area (Å²) in [5, 5.41) is -0.150. The number of nitrogens with zero attached hydrogens (tertiary/aromatic N) is 3. The van der Waals surface area contributed by atoms with E-state index in [1.54, 1.807) is 0 Å². The van der Waals surface area contributed by atoms with E-state index in [4.69, 9.17) is 0 Å². The van der Waals surface area contributed by atoms with E-state index in [2.05, 4.69) is 10.4 Å². The lowest BCUT2D eigenvalue weighted by Gasteiger charge is -2.21. The van der Waals surface area contributed by atoms with Crippen molar-refractivity contribution in [2.75, 3.05) is 24.4 Å². The normalized spacial score (nSPS) is 12.6. The largest absolute Gasteiger partial charge is 0.416 e. The average molecular weight is 440 g/mol. The monoisotopic (exact) mass is 440 g/mol. The first kappa shape index (κ1) is 22.2. The summed E-state index contributed by atoms with van der Waals surface area (Å²) in [6, 6.07) is 5.09. The van der Waals surface area contributed by atoms with Crippen molar-refractivity contribution in [3.8, 4) is 0 Å². The van der Waals surface area contributed by atoms with E-state index < -0.39 is 40.8 Å². The van der Waals surface area contributed by atoms with E-state index in [1.165, 1.54) is 25.9 Å². The Bertz CT molecular complexity index is 1200. The van der Waals surface area contributed by atoms with Gasteiger partial charge in [0.2, 0.25) is 11.9 Å². The highest BCUT2D eigenvalue weighted by Gasteiger charge is 2.31. The van der Waals surface area contributed by atoms with E-state index in [-0.39, 0.29) is 22.4 Å². The molecule has 1 atom stereocenters. The van der Waals surface area contributed by atoms with Gasteiger partial charge in [0.1, 0.15) is 11.6 Å². The topological polar surface area (TPSA) is 67.2 Å². The van der Waals surface area contributed by atoms with Crippen LogP contribution in [0.15, 0.2) is 41.2 Å². The molecule has 0 spiro atoms. The SMILES string of the molecule is C[C@H](C(=O)Nn1c(N(C)C)nc2cc(C(F)(F)F)ccc2c1=O)c1cc(F)cc(F)c1. The maximum Gasteiger partial charge on any atom is 0.416 e. The summed E-state index contributed by atoms with van der Waals surface area (Å²) in [4.78, 5) is 31.0. The number of anilines is 1. The Kier molecular flexibility index (Phi) is 5.70. The fraction of sp³-hybridized carbons (Fsp3) is 0.250. The number of fused-ring (bicyclic) bond motifs is 1. The van der Waals surface area contributed by atoms with Gasteiger partial charge in [0.05, 0.1) is 22.4 Å². The second-order valence-electron chi connectivity index (χ2n) is 7.08. The van der Waals surface area contributed by atoms with Gasteiger partial charge in [-0.3, -0.25) is 15.0 Å². The summed E-state index contributed by atoms with van der Waals surface area (Å²) < 4.78 is 66.7. The molecule has 2 aromatic carbocycles. The lowest BCUT2D eigenvalue weighted by Crippen LogP contribution is -2.39. The fourth-order valence-corrected chi connectivity index (χ4v) is 2.93. The predicted octanol–water partition coefficient (Wildman–Crippen LogP) is 3.63. The minimum Gasteiger partial charge on any atom is -0.347 e. The summed E-state index contributed by atoms with van der Waals surface area (Å²) in [7, 11) is 2.96. The van der Waals surface area contributed by atoms with Crippen LogP contribution in [0.2, 0.25) is 0 Å². The molecule has 0 saturated carbocycles. The average Bonchev–Trinajstić information content (AvgIpc) is 2.67. The molecule has 0 aliphatic carbocycles. The van der Waals surface area contributed by atoms with Crippen LogP contribution in [-0.4, -0.2) is 29.7 Å². The molecule has 31 heavy (non-hydrogen) atoms. The Morgan fingerprint density at radius 3 is 2.26 bits per heavy atom. The number of halogens is 5. The van der Waals surface area contributed by atoms with Crippen molar-refractivity contribution >= 4 is 22.8 Å². The molecule has 0 aliphatic heterocycles. The number of hydrogen-bond acceptors (Lipinski definition) is 4. The molecule has 0 aliphatic rings. The molecule has 164 valence electrons. The predicted molar refractivity (Wildman–Crippen MR) is 104 cm³/mol. The standard InChI is InChI=1S/C20H17F5N4O2/c1-10(11-6-13(21)9-14(22)7-11)17(30)27-29-18(31)15-5-4-12(20(23,24)25)8-16(15)26-19(29)28(2)3/h4-10H,1-3H3,(H,27,30)/t10-/m0/s1. The molecule has 0 fully saturated rings. The first-order chi connectivity index (χ1) is 14.4. The molecule has 1 heterocycles. The van der Waals surface area contributed by atoms with Crippen LogP contribution < -0.4 is 15.9 Å². The summed E-state index contributed by atoms with van der Waals surface area (Å²) in [5.41, 5.74) is 0.385. The summed E-state index contributed by atoms with van der Waals surface area (Å²) in [5.74, 6) is -3.69. The van der Waals surface area contributed by atoms with Gasteiger partial charge in [-0.2, -0.15) is 17.8 Å². The molecule has 6 nitrogen and oxygen atoms in total. The number of benzene rings is 2. The number of amides is 1. The van der Waals surface area contributed by atoms with Gasteiger partial charge in [0.15, 0.2) is 0 Å². The zero-order valence-corrected chi connectivity index (χ0v) is 16.6. The molecule has 0 bridgehead atoms. The second kappa shape index (κ2) is 7.97. The van der Waals surface area contributed by atoms with Gasteiger partial charge in [-0.1, -0.05) is 0 Å². The maximum atomic E-state index is 13.5. The molecule has 3 aromatic rings. The number of aromatic nitrogens is 2. The molecular weight excluding hydrogens is 423 g/mol. The van der Waals surface area contributed by atoms with Crippen molar-refractivity contribution in [1.29, 1.82) is 0 Å². The molecule has 1 N–H and O–H groups in total. The Morgan fingerprint density at radius 1 is 1.10 bits per heavy atom. The smallest absolute Gasteiger partial charge is 0.347 e. The number of nitrogens with one attached hydrogen (secondary N) is 1. The van der Waals surface area contributed by atoms with E-state index in [9.17, 15) is 31.5 Å². The summed E-state index contributed by atoms with van der Waals surface area (Å²) in [6.07, 6.45) is -4.62. The van der Waals surface area contributed by atoms with E-state index in [0.717, 1.165) is 35.0 Å².